The van der Waals surface area contributed by atoms with Gasteiger partial charge in [-0.05, 0) is 36.2 Å². The highest BCUT2D eigenvalue weighted by molar-refractivity contribution is 7.91. The molecule has 0 radical (unpaired) electrons. The van der Waals surface area contributed by atoms with Crippen molar-refractivity contribution < 1.29 is 22.7 Å². The average molecular weight is 387 g/mol. The van der Waals surface area contributed by atoms with Crippen LogP contribution < -0.4 is 9.47 Å². The van der Waals surface area contributed by atoms with E-state index in [1.54, 1.807) is 35.2 Å². The summed E-state index contributed by atoms with van der Waals surface area (Å²) in [4.78, 5) is 14.5. The summed E-state index contributed by atoms with van der Waals surface area (Å²) >= 11 is 0. The van der Waals surface area contributed by atoms with Crippen LogP contribution in [-0.4, -0.2) is 44.9 Å². The zero-order valence-corrected chi connectivity index (χ0v) is 15.7. The minimum absolute atomic E-state index is 0.00505. The number of amides is 1. The van der Waals surface area contributed by atoms with Gasteiger partial charge in [-0.15, -0.1) is 0 Å². The van der Waals surface area contributed by atoms with E-state index in [0.29, 0.717) is 13.1 Å². The van der Waals surface area contributed by atoms with Crippen molar-refractivity contribution in [3.8, 4) is 11.5 Å². The van der Waals surface area contributed by atoms with Gasteiger partial charge in [-0.1, -0.05) is 24.3 Å². The molecule has 0 saturated carbocycles. The number of hydrogen-bond donors (Lipinski definition) is 0. The zero-order chi connectivity index (χ0) is 18.9. The molecule has 1 atom stereocenters. The summed E-state index contributed by atoms with van der Waals surface area (Å²) in [6, 6.07) is 14.1. The predicted molar refractivity (Wildman–Crippen MR) is 99.6 cm³/mol. The third kappa shape index (κ3) is 3.78. The molecule has 2 aromatic rings. The third-order valence-electron chi connectivity index (χ3n) is 5.10. The highest BCUT2D eigenvalue weighted by Crippen LogP contribution is 2.37. The molecule has 2 aliphatic heterocycles. The van der Waals surface area contributed by atoms with E-state index in [1.807, 2.05) is 18.2 Å². The second-order valence-electron chi connectivity index (χ2n) is 6.82. The predicted octanol–water partition coefficient (Wildman–Crippen LogP) is 2.60. The molecule has 4 rings (SSSR count). The molecule has 2 heterocycles. The minimum Gasteiger partial charge on any atom is -0.454 e. The van der Waals surface area contributed by atoms with Crippen molar-refractivity contribution in [2.75, 3.05) is 25.6 Å². The first kappa shape index (κ1) is 17.9. The molecule has 6 nitrogen and oxygen atoms in total. The van der Waals surface area contributed by atoms with E-state index in [4.69, 9.17) is 9.47 Å². The SMILES string of the molecule is O=C(CCS(=O)(=O)c1ccccc1)N1CCC(c2ccc3c(c2)OCO3)C1. The number of nitrogens with zero attached hydrogens (tertiary/aromatic N) is 1. The number of hydrogen-bond acceptors (Lipinski definition) is 5. The van der Waals surface area contributed by atoms with Gasteiger partial charge in [0.1, 0.15) is 0 Å². The molecule has 27 heavy (non-hydrogen) atoms. The summed E-state index contributed by atoms with van der Waals surface area (Å²) < 4.78 is 35.5. The van der Waals surface area contributed by atoms with Crippen LogP contribution in [0.5, 0.6) is 11.5 Å². The van der Waals surface area contributed by atoms with Crippen LogP contribution in [-0.2, 0) is 14.6 Å². The third-order valence-corrected chi connectivity index (χ3v) is 6.83. The van der Waals surface area contributed by atoms with Crippen LogP contribution in [0, 0.1) is 0 Å². The largest absolute Gasteiger partial charge is 0.454 e. The topological polar surface area (TPSA) is 72.9 Å². The van der Waals surface area contributed by atoms with Gasteiger partial charge in [-0.3, -0.25) is 4.79 Å². The summed E-state index contributed by atoms with van der Waals surface area (Å²) in [5, 5.41) is 0. The fourth-order valence-corrected chi connectivity index (χ4v) is 4.80. The van der Waals surface area contributed by atoms with Crippen molar-refractivity contribution in [2.45, 2.75) is 23.7 Å². The number of likely N-dealkylation sites (tertiary alicyclic amines) is 1. The molecule has 1 fully saturated rings. The van der Waals surface area contributed by atoms with E-state index in [2.05, 4.69) is 0 Å². The maximum Gasteiger partial charge on any atom is 0.231 e. The van der Waals surface area contributed by atoms with Crippen LogP contribution in [0.1, 0.15) is 24.3 Å². The minimum atomic E-state index is -3.44. The van der Waals surface area contributed by atoms with E-state index < -0.39 is 9.84 Å². The number of fused-ring (bicyclic) bond motifs is 1. The van der Waals surface area contributed by atoms with Crippen molar-refractivity contribution in [1.82, 2.24) is 4.90 Å². The number of sulfone groups is 1. The molecule has 1 saturated heterocycles. The van der Waals surface area contributed by atoms with Crippen molar-refractivity contribution in [3.05, 3.63) is 54.1 Å². The monoisotopic (exact) mass is 387 g/mol. The maximum absolute atomic E-state index is 12.5. The summed E-state index contributed by atoms with van der Waals surface area (Å²) in [6.07, 6.45) is 0.863. The van der Waals surface area contributed by atoms with Crippen molar-refractivity contribution >= 4 is 15.7 Å². The summed E-state index contributed by atoms with van der Waals surface area (Å²) in [5.41, 5.74) is 1.12. The average Bonchev–Trinajstić information content (AvgIpc) is 3.35. The van der Waals surface area contributed by atoms with Gasteiger partial charge in [-0.25, -0.2) is 8.42 Å². The summed E-state index contributed by atoms with van der Waals surface area (Å²) in [5.74, 6) is 1.44. The Bertz CT molecular complexity index is 942. The zero-order valence-electron chi connectivity index (χ0n) is 14.8. The van der Waals surface area contributed by atoms with Gasteiger partial charge >= 0.3 is 0 Å². The fourth-order valence-electron chi connectivity index (χ4n) is 3.55. The van der Waals surface area contributed by atoms with Gasteiger partial charge in [-0.2, -0.15) is 0 Å². The lowest BCUT2D eigenvalue weighted by Gasteiger charge is -2.17. The van der Waals surface area contributed by atoms with Crippen LogP contribution in [0.3, 0.4) is 0 Å². The maximum atomic E-state index is 12.5. The molecule has 0 bridgehead atoms. The van der Waals surface area contributed by atoms with Crippen LogP contribution in [0.15, 0.2) is 53.4 Å². The first-order valence-electron chi connectivity index (χ1n) is 8.98. The molecule has 0 aliphatic carbocycles. The summed E-state index contributed by atoms with van der Waals surface area (Å²) in [6.45, 7) is 1.48. The Balaban J connectivity index is 1.35. The molecule has 7 heteroatoms. The van der Waals surface area contributed by atoms with Gasteiger partial charge in [0.05, 0.1) is 10.6 Å². The normalized spacial score (nSPS) is 18.7. The fraction of sp³-hybridized carbons (Fsp3) is 0.350. The summed E-state index contributed by atoms with van der Waals surface area (Å²) in [7, 11) is -3.44. The standard InChI is InChI=1S/C20H21NO5S/c22-20(9-11-27(23,24)17-4-2-1-3-5-17)21-10-8-16(13-21)15-6-7-18-19(12-15)26-14-25-18/h1-7,12,16H,8-11,13-14H2. The molecule has 0 spiro atoms. The van der Waals surface area contributed by atoms with Crippen molar-refractivity contribution in [3.63, 3.8) is 0 Å². The van der Waals surface area contributed by atoms with Crippen LogP contribution in [0.4, 0.5) is 0 Å². The van der Waals surface area contributed by atoms with E-state index in [9.17, 15) is 13.2 Å². The second kappa shape index (κ2) is 7.23. The number of ether oxygens (including phenoxy) is 2. The van der Waals surface area contributed by atoms with E-state index in [1.165, 1.54) is 0 Å². The van der Waals surface area contributed by atoms with Gasteiger partial charge in [0, 0.05) is 25.4 Å². The van der Waals surface area contributed by atoms with Crippen LogP contribution >= 0.6 is 0 Å². The Morgan fingerprint density at radius 2 is 1.85 bits per heavy atom. The number of carbonyl (C=O) groups is 1. The molecule has 2 aromatic carbocycles. The van der Waals surface area contributed by atoms with Gasteiger partial charge in [0.15, 0.2) is 21.3 Å². The van der Waals surface area contributed by atoms with Gasteiger partial charge in [0.2, 0.25) is 12.7 Å². The first-order valence-corrected chi connectivity index (χ1v) is 10.6. The Morgan fingerprint density at radius 3 is 2.67 bits per heavy atom. The molecular formula is C20H21NO5S. The highest BCUT2D eigenvalue weighted by atomic mass is 32.2. The second-order valence-corrected chi connectivity index (χ2v) is 8.93. The molecule has 2 aliphatic rings. The molecule has 1 amide bonds. The Kier molecular flexibility index (Phi) is 4.78. The van der Waals surface area contributed by atoms with Crippen molar-refractivity contribution in [1.29, 1.82) is 0 Å². The number of rotatable bonds is 5. The Morgan fingerprint density at radius 1 is 1.07 bits per heavy atom. The van der Waals surface area contributed by atoms with E-state index in [0.717, 1.165) is 23.5 Å². The number of carbonyl (C=O) groups excluding carboxylic acids is 1. The highest BCUT2D eigenvalue weighted by Gasteiger charge is 2.29. The Hall–Kier alpha value is -2.54. The number of benzene rings is 2. The van der Waals surface area contributed by atoms with Crippen molar-refractivity contribution in [2.24, 2.45) is 0 Å². The Labute approximate surface area is 158 Å². The molecule has 1 unspecified atom stereocenters. The lowest BCUT2D eigenvalue weighted by atomic mass is 9.98. The first-order chi connectivity index (χ1) is 13.0. The van der Waals surface area contributed by atoms with E-state index >= 15 is 0 Å². The van der Waals surface area contributed by atoms with Crippen LogP contribution in [0.25, 0.3) is 0 Å². The van der Waals surface area contributed by atoms with Crippen LogP contribution in [0.2, 0.25) is 0 Å². The van der Waals surface area contributed by atoms with Gasteiger partial charge < -0.3 is 14.4 Å². The smallest absolute Gasteiger partial charge is 0.231 e. The molecule has 0 aromatic heterocycles. The quantitative estimate of drug-likeness (QED) is 0.789. The lowest BCUT2D eigenvalue weighted by Crippen LogP contribution is -2.30. The molecule has 142 valence electrons. The molecular weight excluding hydrogens is 366 g/mol. The molecule has 0 N–H and O–H groups in total. The lowest BCUT2D eigenvalue weighted by molar-refractivity contribution is -0.129. The van der Waals surface area contributed by atoms with Gasteiger partial charge in [0.25, 0.3) is 0 Å². The van der Waals surface area contributed by atoms with E-state index in [-0.39, 0.29) is 35.7 Å².